The summed E-state index contributed by atoms with van der Waals surface area (Å²) in [6, 6.07) is 4.41. The van der Waals surface area contributed by atoms with Crippen LogP contribution in [-0.2, 0) is 16.1 Å². The Morgan fingerprint density at radius 1 is 1.47 bits per heavy atom. The van der Waals surface area contributed by atoms with E-state index in [0.29, 0.717) is 11.1 Å². The zero-order valence-electron chi connectivity index (χ0n) is 8.97. The van der Waals surface area contributed by atoms with Crippen molar-refractivity contribution in [2.24, 2.45) is 0 Å². The Morgan fingerprint density at radius 3 is 2.65 bits per heavy atom. The molecular weight excluding hydrogens is 228 g/mol. The van der Waals surface area contributed by atoms with Crippen molar-refractivity contribution in [2.75, 3.05) is 0 Å². The molecule has 0 saturated heterocycles. The Labute approximate surface area is 96.2 Å². The Hall–Kier alpha value is -2.44. The molecule has 0 saturated carbocycles. The van der Waals surface area contributed by atoms with Crippen LogP contribution in [0.25, 0.3) is 0 Å². The lowest BCUT2D eigenvalue weighted by molar-refractivity contribution is -0.385. The Morgan fingerprint density at radius 2 is 2.12 bits per heavy atom. The van der Waals surface area contributed by atoms with Gasteiger partial charge in [0, 0.05) is 18.2 Å². The number of hydrogen-bond donors (Lipinski definition) is 2. The first-order valence-electron chi connectivity index (χ1n) is 4.67. The molecule has 17 heavy (non-hydrogen) atoms. The van der Waals surface area contributed by atoms with Crippen LogP contribution in [0.4, 0.5) is 5.69 Å². The molecule has 1 aromatic rings. The van der Waals surface area contributed by atoms with Gasteiger partial charge in [0.25, 0.3) is 5.69 Å². The van der Waals surface area contributed by atoms with Crippen LogP contribution >= 0.6 is 0 Å². The number of hydrogen-bond acceptors (Lipinski definition) is 4. The molecule has 0 spiro atoms. The lowest BCUT2D eigenvalue weighted by atomic mass is 10.1. The summed E-state index contributed by atoms with van der Waals surface area (Å²) in [4.78, 5) is 31.2. The van der Waals surface area contributed by atoms with Crippen molar-refractivity contribution >= 4 is 17.6 Å². The summed E-state index contributed by atoms with van der Waals surface area (Å²) in [6.07, 6.45) is 0. The normalized spacial score (nSPS) is 9.71. The van der Waals surface area contributed by atoms with Crippen LogP contribution in [0.2, 0.25) is 0 Å². The van der Waals surface area contributed by atoms with Gasteiger partial charge in [-0.3, -0.25) is 14.9 Å². The summed E-state index contributed by atoms with van der Waals surface area (Å²) in [6.45, 7) is 1.49. The summed E-state index contributed by atoms with van der Waals surface area (Å²) in [5, 5.41) is 21.1. The molecule has 1 aromatic carbocycles. The summed E-state index contributed by atoms with van der Waals surface area (Å²) < 4.78 is 0. The third kappa shape index (κ3) is 3.00. The lowest BCUT2D eigenvalue weighted by Crippen LogP contribution is -2.30. The van der Waals surface area contributed by atoms with Gasteiger partial charge in [-0.15, -0.1) is 0 Å². The van der Waals surface area contributed by atoms with Crippen LogP contribution in [0.5, 0.6) is 0 Å². The van der Waals surface area contributed by atoms with Gasteiger partial charge in [0.2, 0.25) is 0 Å². The number of benzene rings is 1. The first-order valence-corrected chi connectivity index (χ1v) is 4.67. The zero-order chi connectivity index (χ0) is 13.0. The molecular formula is C10H10N2O5. The number of rotatable bonds is 3. The number of nitro benzene ring substituents is 1. The zero-order valence-corrected chi connectivity index (χ0v) is 8.97. The molecule has 0 aliphatic heterocycles. The highest BCUT2D eigenvalue weighted by Gasteiger charge is 2.15. The van der Waals surface area contributed by atoms with Gasteiger partial charge >= 0.3 is 11.9 Å². The van der Waals surface area contributed by atoms with Crippen LogP contribution < -0.4 is 5.32 Å². The number of nitro groups is 1. The second kappa shape index (κ2) is 5.06. The van der Waals surface area contributed by atoms with E-state index in [-0.39, 0.29) is 12.2 Å². The smallest absolute Gasteiger partial charge is 0.394 e. The fourth-order valence-electron chi connectivity index (χ4n) is 1.31. The fourth-order valence-corrected chi connectivity index (χ4v) is 1.31. The van der Waals surface area contributed by atoms with E-state index in [9.17, 15) is 19.7 Å². The van der Waals surface area contributed by atoms with Crippen molar-refractivity contribution in [3.05, 3.63) is 39.4 Å². The van der Waals surface area contributed by atoms with Crippen LogP contribution in [-0.4, -0.2) is 21.9 Å². The summed E-state index contributed by atoms with van der Waals surface area (Å²) in [7, 11) is 0. The molecule has 0 fully saturated rings. The van der Waals surface area contributed by atoms with Gasteiger partial charge in [0.1, 0.15) is 0 Å². The quantitative estimate of drug-likeness (QED) is 0.455. The molecule has 0 aliphatic rings. The number of nitrogens with zero attached hydrogens (tertiary/aromatic N) is 1. The maximum Gasteiger partial charge on any atom is 0.394 e. The van der Waals surface area contributed by atoms with Gasteiger partial charge in [-0.25, -0.2) is 4.79 Å². The predicted molar refractivity (Wildman–Crippen MR) is 57.3 cm³/mol. The van der Waals surface area contributed by atoms with E-state index in [0.717, 1.165) is 0 Å². The highest BCUT2D eigenvalue weighted by Crippen LogP contribution is 2.20. The van der Waals surface area contributed by atoms with E-state index < -0.39 is 16.8 Å². The van der Waals surface area contributed by atoms with Crippen molar-refractivity contribution in [3.63, 3.8) is 0 Å². The van der Waals surface area contributed by atoms with Crippen molar-refractivity contribution in [2.45, 2.75) is 13.5 Å². The standard InChI is InChI=1S/C10H10N2O5/c1-6-7(5-11-9(13)10(14)15)3-2-4-8(6)12(16)17/h2-4H,5H2,1H3,(H,11,13)(H,14,15). The average Bonchev–Trinajstić information content (AvgIpc) is 2.26. The highest BCUT2D eigenvalue weighted by atomic mass is 16.6. The molecule has 7 nitrogen and oxygen atoms in total. The second-order valence-corrected chi connectivity index (χ2v) is 3.31. The molecule has 1 amide bonds. The minimum Gasteiger partial charge on any atom is -0.474 e. The number of carbonyl (C=O) groups is 2. The van der Waals surface area contributed by atoms with E-state index in [1.807, 2.05) is 0 Å². The van der Waals surface area contributed by atoms with Crippen molar-refractivity contribution < 1.29 is 19.6 Å². The molecule has 0 bridgehead atoms. The number of carboxylic acids is 1. The van der Waals surface area contributed by atoms with Crippen LogP contribution in [0, 0.1) is 17.0 Å². The van der Waals surface area contributed by atoms with E-state index in [4.69, 9.17) is 5.11 Å². The molecule has 2 N–H and O–H groups in total. The summed E-state index contributed by atoms with van der Waals surface area (Å²) >= 11 is 0. The van der Waals surface area contributed by atoms with Gasteiger partial charge in [-0.05, 0) is 12.5 Å². The first kappa shape index (κ1) is 12.6. The molecule has 1 rings (SSSR count). The fraction of sp³-hybridized carbons (Fsp3) is 0.200. The topological polar surface area (TPSA) is 110 Å². The number of nitrogens with one attached hydrogen (secondary N) is 1. The summed E-state index contributed by atoms with van der Waals surface area (Å²) in [5.41, 5.74) is 0.851. The SMILES string of the molecule is Cc1c(CNC(=O)C(=O)O)cccc1[N+](=O)[O-]. The van der Waals surface area contributed by atoms with Gasteiger partial charge in [-0.1, -0.05) is 12.1 Å². The van der Waals surface area contributed by atoms with Crippen LogP contribution in [0.1, 0.15) is 11.1 Å². The average molecular weight is 238 g/mol. The third-order valence-corrected chi connectivity index (χ3v) is 2.25. The largest absolute Gasteiger partial charge is 0.474 e. The first-order chi connectivity index (χ1) is 7.93. The maximum atomic E-state index is 10.8. The molecule has 7 heteroatoms. The van der Waals surface area contributed by atoms with Crippen molar-refractivity contribution in [1.82, 2.24) is 5.32 Å². The number of aliphatic carboxylic acids is 1. The van der Waals surface area contributed by atoms with Gasteiger partial charge in [0.15, 0.2) is 0 Å². The number of carboxylic acid groups (broad SMARTS) is 1. The van der Waals surface area contributed by atoms with E-state index in [1.54, 1.807) is 13.0 Å². The maximum absolute atomic E-state index is 10.8. The molecule has 90 valence electrons. The number of amides is 1. The molecule has 0 aliphatic carbocycles. The monoisotopic (exact) mass is 238 g/mol. The van der Waals surface area contributed by atoms with E-state index >= 15 is 0 Å². The molecule has 0 heterocycles. The second-order valence-electron chi connectivity index (χ2n) is 3.31. The Kier molecular flexibility index (Phi) is 3.76. The Bertz CT molecular complexity index is 484. The molecule has 0 aromatic heterocycles. The minimum atomic E-state index is -1.59. The third-order valence-electron chi connectivity index (χ3n) is 2.25. The highest BCUT2D eigenvalue weighted by molar-refractivity contribution is 6.31. The van der Waals surface area contributed by atoms with Crippen LogP contribution in [0.15, 0.2) is 18.2 Å². The van der Waals surface area contributed by atoms with E-state index in [2.05, 4.69) is 5.32 Å². The van der Waals surface area contributed by atoms with Crippen molar-refractivity contribution in [1.29, 1.82) is 0 Å². The predicted octanol–water partition coefficient (Wildman–Crippen LogP) is 0.604. The van der Waals surface area contributed by atoms with Crippen LogP contribution in [0.3, 0.4) is 0 Å². The minimum absolute atomic E-state index is 0.0569. The number of carbonyl (C=O) groups excluding carboxylic acids is 1. The van der Waals surface area contributed by atoms with Gasteiger partial charge in [-0.2, -0.15) is 0 Å². The van der Waals surface area contributed by atoms with Crippen molar-refractivity contribution in [3.8, 4) is 0 Å². The van der Waals surface area contributed by atoms with E-state index in [1.165, 1.54) is 12.1 Å². The van der Waals surface area contributed by atoms with Gasteiger partial charge < -0.3 is 10.4 Å². The molecule has 0 radical (unpaired) electrons. The lowest BCUT2D eigenvalue weighted by Gasteiger charge is -2.06. The molecule has 0 unspecified atom stereocenters. The Balaban J connectivity index is 2.86. The van der Waals surface area contributed by atoms with Gasteiger partial charge in [0.05, 0.1) is 4.92 Å². The summed E-state index contributed by atoms with van der Waals surface area (Å²) in [5.74, 6) is -2.73. The molecule has 0 atom stereocenters.